The van der Waals surface area contributed by atoms with Gasteiger partial charge in [-0.2, -0.15) is 0 Å². The first-order valence-electron chi connectivity index (χ1n) is 10.4. The number of amides is 1. The van der Waals surface area contributed by atoms with E-state index in [1.54, 1.807) is 41.1 Å². The van der Waals surface area contributed by atoms with Crippen LogP contribution in [0.3, 0.4) is 0 Å². The number of thioether (sulfide) groups is 1. The standard InChI is InChI=1S/C24H19ClFN5O2S/c25-16-8-12-18(13-9-16)27-23(32)22-21(15-6-10-17(26)11-7-15)30-31-20(28-29-24(31)34-22)14-33-19-4-2-1-3-5-19/h1-13,21-22,30H,14H2,(H,27,32)/t21-,22-/m1/s1. The maximum absolute atomic E-state index is 13.6. The van der Waals surface area contributed by atoms with Crippen molar-refractivity contribution in [3.05, 3.63) is 101 Å². The van der Waals surface area contributed by atoms with Crippen molar-refractivity contribution in [1.29, 1.82) is 0 Å². The first-order chi connectivity index (χ1) is 16.6. The summed E-state index contributed by atoms with van der Waals surface area (Å²) in [6.07, 6.45) is 0. The zero-order valence-electron chi connectivity index (χ0n) is 17.7. The fraction of sp³-hybridized carbons (Fsp3) is 0.125. The molecular weight excluding hydrogens is 477 g/mol. The second kappa shape index (κ2) is 9.74. The largest absolute Gasteiger partial charge is 0.486 e. The molecule has 2 heterocycles. The van der Waals surface area contributed by atoms with Crippen LogP contribution < -0.4 is 15.5 Å². The highest BCUT2D eigenvalue weighted by molar-refractivity contribution is 8.00. The highest BCUT2D eigenvalue weighted by Crippen LogP contribution is 2.37. The van der Waals surface area contributed by atoms with Crippen LogP contribution in [0.5, 0.6) is 5.75 Å². The first kappa shape index (κ1) is 22.2. The molecule has 0 aliphatic carbocycles. The number of rotatable bonds is 6. The number of halogens is 2. The number of hydrogen-bond acceptors (Lipinski definition) is 6. The van der Waals surface area contributed by atoms with Crippen LogP contribution in [0, 0.1) is 5.82 Å². The molecule has 1 amide bonds. The Morgan fingerprint density at radius 2 is 1.79 bits per heavy atom. The van der Waals surface area contributed by atoms with E-state index in [4.69, 9.17) is 16.3 Å². The molecule has 5 rings (SSSR count). The molecule has 4 aromatic rings. The molecule has 0 fully saturated rings. The van der Waals surface area contributed by atoms with E-state index < -0.39 is 11.3 Å². The van der Waals surface area contributed by atoms with Crippen LogP contribution in [0.4, 0.5) is 10.1 Å². The van der Waals surface area contributed by atoms with Crippen molar-refractivity contribution in [2.75, 3.05) is 10.7 Å². The zero-order valence-corrected chi connectivity index (χ0v) is 19.3. The number of fused-ring (bicyclic) bond motifs is 1. The first-order valence-corrected chi connectivity index (χ1v) is 11.7. The molecule has 10 heteroatoms. The lowest BCUT2D eigenvalue weighted by Gasteiger charge is -2.33. The number of nitrogens with zero attached hydrogens (tertiary/aromatic N) is 3. The molecule has 1 aromatic heterocycles. The van der Waals surface area contributed by atoms with E-state index in [1.807, 2.05) is 30.3 Å². The van der Waals surface area contributed by atoms with Gasteiger partial charge >= 0.3 is 0 Å². The van der Waals surface area contributed by atoms with Crippen molar-refractivity contribution in [2.24, 2.45) is 0 Å². The van der Waals surface area contributed by atoms with Crippen molar-refractivity contribution in [2.45, 2.75) is 23.1 Å². The topological polar surface area (TPSA) is 81.1 Å². The average Bonchev–Trinajstić information content (AvgIpc) is 3.26. The number of hydrogen-bond donors (Lipinski definition) is 2. The number of aromatic nitrogens is 3. The van der Waals surface area contributed by atoms with E-state index in [0.717, 1.165) is 5.56 Å². The van der Waals surface area contributed by atoms with Crippen molar-refractivity contribution in [1.82, 2.24) is 14.9 Å². The Bertz CT molecular complexity index is 1290. The highest BCUT2D eigenvalue weighted by Gasteiger charge is 2.38. The summed E-state index contributed by atoms with van der Waals surface area (Å²) >= 11 is 7.23. The van der Waals surface area contributed by atoms with Crippen LogP contribution in [0.1, 0.15) is 17.4 Å². The third-order valence-corrected chi connectivity index (χ3v) is 6.68. The van der Waals surface area contributed by atoms with Crippen LogP contribution in [0.2, 0.25) is 5.02 Å². The van der Waals surface area contributed by atoms with Gasteiger partial charge in [0, 0.05) is 10.7 Å². The number of nitrogens with one attached hydrogen (secondary N) is 2. The van der Waals surface area contributed by atoms with Crippen LogP contribution in [0.25, 0.3) is 0 Å². The summed E-state index contributed by atoms with van der Waals surface area (Å²) in [7, 11) is 0. The summed E-state index contributed by atoms with van der Waals surface area (Å²) in [5.41, 5.74) is 4.70. The van der Waals surface area contributed by atoms with Gasteiger partial charge in [-0.1, -0.05) is 53.7 Å². The van der Waals surface area contributed by atoms with E-state index in [2.05, 4.69) is 20.9 Å². The Kier molecular flexibility index (Phi) is 6.37. The normalized spacial score (nSPS) is 16.9. The van der Waals surface area contributed by atoms with E-state index in [9.17, 15) is 9.18 Å². The molecule has 0 saturated heterocycles. The lowest BCUT2D eigenvalue weighted by molar-refractivity contribution is -0.116. The van der Waals surface area contributed by atoms with Crippen molar-refractivity contribution < 1.29 is 13.9 Å². The number of para-hydroxylation sites is 1. The summed E-state index contributed by atoms with van der Waals surface area (Å²) in [5.74, 6) is 0.676. The van der Waals surface area contributed by atoms with Gasteiger partial charge in [0.05, 0.1) is 6.04 Å². The maximum Gasteiger partial charge on any atom is 0.240 e. The molecule has 172 valence electrons. The minimum atomic E-state index is -0.597. The Morgan fingerprint density at radius 1 is 1.06 bits per heavy atom. The van der Waals surface area contributed by atoms with Gasteiger partial charge in [0.2, 0.25) is 11.1 Å². The monoisotopic (exact) mass is 495 g/mol. The van der Waals surface area contributed by atoms with Crippen LogP contribution in [0.15, 0.2) is 84.0 Å². The zero-order chi connectivity index (χ0) is 23.5. The molecule has 0 saturated carbocycles. The van der Waals surface area contributed by atoms with E-state index in [1.165, 1.54) is 23.9 Å². The minimum Gasteiger partial charge on any atom is -0.486 e. The van der Waals surface area contributed by atoms with Gasteiger partial charge in [-0.25, -0.2) is 9.07 Å². The molecule has 1 aliphatic rings. The molecule has 0 bridgehead atoms. The molecule has 0 radical (unpaired) electrons. The Hall–Kier alpha value is -3.56. The number of anilines is 1. The SMILES string of the molecule is O=C(Nc1ccc(Cl)cc1)[C@@H]1Sc2nnc(COc3ccccc3)n2N[C@@H]1c1ccc(F)cc1. The summed E-state index contributed by atoms with van der Waals surface area (Å²) in [6.45, 7) is 0.183. The van der Waals surface area contributed by atoms with E-state index in [-0.39, 0.29) is 18.3 Å². The number of ether oxygens (including phenoxy) is 1. The van der Waals surface area contributed by atoms with Gasteiger partial charge in [-0.15, -0.1) is 10.2 Å². The van der Waals surface area contributed by atoms with Crippen LogP contribution in [-0.4, -0.2) is 26.0 Å². The van der Waals surface area contributed by atoms with Crippen molar-refractivity contribution in [3.63, 3.8) is 0 Å². The molecule has 3 aromatic carbocycles. The molecule has 7 nitrogen and oxygen atoms in total. The van der Waals surface area contributed by atoms with Gasteiger partial charge in [0.15, 0.2) is 5.82 Å². The summed E-state index contributed by atoms with van der Waals surface area (Å²) in [5, 5.41) is 11.9. The molecule has 1 aliphatic heterocycles. The quantitative estimate of drug-likeness (QED) is 0.390. The molecule has 34 heavy (non-hydrogen) atoms. The number of carbonyl (C=O) groups excluding carboxylic acids is 1. The third-order valence-electron chi connectivity index (χ3n) is 5.21. The fourth-order valence-corrected chi connectivity index (χ4v) is 4.75. The second-order valence-electron chi connectivity index (χ2n) is 7.53. The predicted octanol–water partition coefficient (Wildman–Crippen LogP) is 5.05. The summed E-state index contributed by atoms with van der Waals surface area (Å²) in [4.78, 5) is 13.3. The second-order valence-corrected chi connectivity index (χ2v) is 9.07. The lowest BCUT2D eigenvalue weighted by Crippen LogP contribution is -2.41. The van der Waals surface area contributed by atoms with Gasteiger partial charge in [0.25, 0.3) is 0 Å². The average molecular weight is 496 g/mol. The van der Waals surface area contributed by atoms with Crippen molar-refractivity contribution in [3.8, 4) is 5.75 Å². The Labute approximate surface area is 204 Å². The summed E-state index contributed by atoms with van der Waals surface area (Å²) < 4.78 is 21.1. The van der Waals surface area contributed by atoms with Gasteiger partial charge < -0.3 is 15.5 Å². The summed E-state index contributed by atoms with van der Waals surface area (Å²) in [6, 6.07) is 21.9. The van der Waals surface area contributed by atoms with Gasteiger partial charge in [0.1, 0.15) is 23.4 Å². The Morgan fingerprint density at radius 3 is 2.53 bits per heavy atom. The molecule has 2 atom stereocenters. The number of carbonyl (C=O) groups is 1. The molecule has 2 N–H and O–H groups in total. The van der Waals surface area contributed by atoms with Gasteiger partial charge in [-0.3, -0.25) is 4.79 Å². The fourth-order valence-electron chi connectivity index (χ4n) is 3.52. The van der Waals surface area contributed by atoms with E-state index in [0.29, 0.717) is 27.4 Å². The maximum atomic E-state index is 13.6. The minimum absolute atomic E-state index is 0.183. The smallest absolute Gasteiger partial charge is 0.240 e. The van der Waals surface area contributed by atoms with Crippen molar-refractivity contribution >= 4 is 35.0 Å². The van der Waals surface area contributed by atoms with Gasteiger partial charge in [-0.05, 0) is 54.1 Å². The van der Waals surface area contributed by atoms with Crippen LogP contribution >= 0.6 is 23.4 Å². The Balaban J connectivity index is 1.41. The number of benzene rings is 3. The molecule has 0 unspecified atom stereocenters. The third kappa shape index (κ3) is 4.85. The highest BCUT2D eigenvalue weighted by atomic mass is 35.5. The molecular formula is C24H19ClFN5O2S. The van der Waals surface area contributed by atoms with E-state index >= 15 is 0 Å². The predicted molar refractivity (Wildman–Crippen MR) is 129 cm³/mol. The van der Waals surface area contributed by atoms with Crippen LogP contribution in [-0.2, 0) is 11.4 Å². The lowest BCUT2D eigenvalue weighted by atomic mass is 10.0. The molecule has 0 spiro atoms.